The molecule has 0 heterocycles. The molecule has 0 saturated heterocycles. The average molecular weight is 288 g/mol. The van der Waals surface area contributed by atoms with Crippen molar-refractivity contribution < 1.29 is 9.50 Å². The fourth-order valence-electron chi connectivity index (χ4n) is 2.18. The summed E-state index contributed by atoms with van der Waals surface area (Å²) in [5, 5.41) is 12.3. The molecule has 0 aliphatic rings. The van der Waals surface area contributed by atoms with Crippen LogP contribution in [0.4, 0.5) is 10.1 Å². The number of hydrogen-bond acceptors (Lipinski definition) is 3. The summed E-state index contributed by atoms with van der Waals surface area (Å²) in [6, 6.07) is 15.2. The number of rotatable bonds is 7. The number of anilines is 1. The molecule has 0 spiro atoms. The van der Waals surface area contributed by atoms with Gasteiger partial charge in [0, 0.05) is 26.7 Å². The van der Waals surface area contributed by atoms with Gasteiger partial charge in [-0.3, -0.25) is 0 Å². The van der Waals surface area contributed by atoms with Crippen molar-refractivity contribution in [1.82, 2.24) is 5.32 Å². The quantitative estimate of drug-likeness (QED) is 0.822. The van der Waals surface area contributed by atoms with E-state index in [2.05, 4.69) is 17.4 Å². The van der Waals surface area contributed by atoms with E-state index < -0.39 is 0 Å². The lowest BCUT2D eigenvalue weighted by Gasteiger charge is -2.19. The minimum atomic E-state index is -0.266. The smallest absolute Gasteiger partial charge is 0.146 e. The highest BCUT2D eigenvalue weighted by molar-refractivity contribution is 5.49. The van der Waals surface area contributed by atoms with E-state index in [0.29, 0.717) is 18.8 Å². The Bertz CT molecular complexity index is 560. The second-order valence-corrected chi connectivity index (χ2v) is 5.02. The summed E-state index contributed by atoms with van der Waals surface area (Å²) < 4.78 is 13.8. The molecule has 0 aliphatic carbocycles. The molecule has 0 atom stereocenters. The molecule has 2 aromatic rings. The lowest BCUT2D eigenvalue weighted by atomic mass is 10.1. The van der Waals surface area contributed by atoms with E-state index in [-0.39, 0.29) is 12.4 Å². The van der Waals surface area contributed by atoms with Gasteiger partial charge >= 0.3 is 0 Å². The van der Waals surface area contributed by atoms with Gasteiger partial charge in [-0.2, -0.15) is 0 Å². The molecule has 0 fully saturated rings. The number of aliphatic hydroxyl groups is 1. The Morgan fingerprint density at radius 2 is 1.76 bits per heavy atom. The molecule has 0 saturated carbocycles. The van der Waals surface area contributed by atoms with Crippen molar-refractivity contribution in [1.29, 1.82) is 0 Å². The zero-order valence-electron chi connectivity index (χ0n) is 12.2. The van der Waals surface area contributed by atoms with E-state index in [1.807, 2.05) is 24.3 Å². The van der Waals surface area contributed by atoms with Crippen LogP contribution in [0.5, 0.6) is 0 Å². The fraction of sp³-hybridized carbons (Fsp3) is 0.294. The maximum absolute atomic E-state index is 13.8. The lowest BCUT2D eigenvalue weighted by molar-refractivity contribution is 0.303. The van der Waals surface area contributed by atoms with Crippen LogP contribution in [0.25, 0.3) is 0 Å². The van der Waals surface area contributed by atoms with E-state index in [9.17, 15) is 4.39 Å². The zero-order valence-corrected chi connectivity index (χ0v) is 12.2. The molecule has 0 unspecified atom stereocenters. The number of likely N-dealkylation sites (N-methyl/N-ethyl adjacent to an activating group) is 1. The fourth-order valence-corrected chi connectivity index (χ4v) is 2.18. The number of hydrogen-bond donors (Lipinski definition) is 2. The average Bonchev–Trinajstić information content (AvgIpc) is 2.50. The highest BCUT2D eigenvalue weighted by Crippen LogP contribution is 2.19. The van der Waals surface area contributed by atoms with E-state index in [0.717, 1.165) is 12.1 Å². The van der Waals surface area contributed by atoms with Crippen LogP contribution in [0, 0.1) is 5.82 Å². The summed E-state index contributed by atoms with van der Waals surface area (Å²) in [4.78, 5) is 1.72. The van der Waals surface area contributed by atoms with Gasteiger partial charge in [0.25, 0.3) is 0 Å². The molecule has 3 nitrogen and oxygen atoms in total. The van der Waals surface area contributed by atoms with Crippen molar-refractivity contribution in [2.24, 2.45) is 0 Å². The van der Waals surface area contributed by atoms with Crippen LogP contribution in [0.15, 0.2) is 48.5 Å². The summed E-state index contributed by atoms with van der Waals surface area (Å²) in [6.45, 7) is 1.87. The maximum atomic E-state index is 13.8. The highest BCUT2D eigenvalue weighted by Gasteiger charge is 2.08. The van der Waals surface area contributed by atoms with Crippen molar-refractivity contribution in [2.75, 3.05) is 25.1 Å². The standard InChI is InChI=1S/C17H21FN2O/c1-20(9-10-21)17-11-15(7-8-16(17)18)13-19-12-14-5-3-2-4-6-14/h2-8,11,19,21H,9-10,12-13H2,1H3. The normalized spacial score (nSPS) is 10.6. The van der Waals surface area contributed by atoms with Crippen LogP contribution in [-0.2, 0) is 13.1 Å². The van der Waals surface area contributed by atoms with Gasteiger partial charge in [0.15, 0.2) is 0 Å². The number of halogens is 1. The maximum Gasteiger partial charge on any atom is 0.146 e. The van der Waals surface area contributed by atoms with E-state index >= 15 is 0 Å². The first kappa shape index (κ1) is 15.5. The van der Waals surface area contributed by atoms with Crippen LogP contribution < -0.4 is 10.2 Å². The van der Waals surface area contributed by atoms with Gasteiger partial charge in [-0.1, -0.05) is 36.4 Å². The van der Waals surface area contributed by atoms with Crippen molar-refractivity contribution >= 4 is 5.69 Å². The largest absolute Gasteiger partial charge is 0.395 e. The van der Waals surface area contributed by atoms with E-state index in [1.54, 1.807) is 18.0 Å². The molecular formula is C17H21FN2O. The minimum absolute atomic E-state index is 0.00637. The third-order valence-electron chi connectivity index (χ3n) is 3.36. The van der Waals surface area contributed by atoms with Gasteiger partial charge in [-0.05, 0) is 23.3 Å². The predicted molar refractivity (Wildman–Crippen MR) is 83.7 cm³/mol. The number of nitrogens with zero attached hydrogens (tertiary/aromatic N) is 1. The van der Waals surface area contributed by atoms with Gasteiger partial charge in [0.1, 0.15) is 5.82 Å². The molecule has 0 aliphatic heterocycles. The first-order valence-electron chi connectivity index (χ1n) is 7.06. The molecule has 21 heavy (non-hydrogen) atoms. The molecule has 0 amide bonds. The second-order valence-electron chi connectivity index (χ2n) is 5.02. The monoisotopic (exact) mass is 288 g/mol. The first-order chi connectivity index (χ1) is 10.2. The third-order valence-corrected chi connectivity index (χ3v) is 3.36. The van der Waals surface area contributed by atoms with Crippen LogP contribution in [0.3, 0.4) is 0 Å². The van der Waals surface area contributed by atoms with Gasteiger partial charge < -0.3 is 15.3 Å². The van der Waals surface area contributed by atoms with Crippen LogP contribution >= 0.6 is 0 Å². The number of aliphatic hydroxyl groups excluding tert-OH is 1. The Balaban J connectivity index is 1.96. The SMILES string of the molecule is CN(CCO)c1cc(CNCc2ccccc2)ccc1F. The molecule has 0 bridgehead atoms. The summed E-state index contributed by atoms with van der Waals surface area (Å²) in [6.07, 6.45) is 0. The molecule has 112 valence electrons. The number of benzene rings is 2. The predicted octanol–water partition coefficient (Wildman–Crippen LogP) is 2.54. The molecule has 0 radical (unpaired) electrons. The van der Waals surface area contributed by atoms with Gasteiger partial charge in [0.05, 0.1) is 12.3 Å². The summed E-state index contributed by atoms with van der Waals surface area (Å²) in [5.74, 6) is -0.266. The topological polar surface area (TPSA) is 35.5 Å². The summed E-state index contributed by atoms with van der Waals surface area (Å²) in [5.41, 5.74) is 2.76. The Morgan fingerprint density at radius 3 is 2.48 bits per heavy atom. The third kappa shape index (κ3) is 4.55. The van der Waals surface area contributed by atoms with Crippen molar-refractivity contribution in [3.63, 3.8) is 0 Å². The lowest BCUT2D eigenvalue weighted by Crippen LogP contribution is -2.22. The van der Waals surface area contributed by atoms with Crippen LogP contribution in [-0.4, -0.2) is 25.3 Å². The minimum Gasteiger partial charge on any atom is -0.395 e. The molecule has 4 heteroatoms. The van der Waals surface area contributed by atoms with Crippen molar-refractivity contribution in [3.05, 3.63) is 65.5 Å². The van der Waals surface area contributed by atoms with Crippen LogP contribution in [0.2, 0.25) is 0 Å². The second kappa shape index (κ2) is 7.76. The Kier molecular flexibility index (Phi) is 5.72. The van der Waals surface area contributed by atoms with E-state index in [4.69, 9.17) is 5.11 Å². The zero-order chi connectivity index (χ0) is 15.1. The molecule has 2 aromatic carbocycles. The summed E-state index contributed by atoms with van der Waals surface area (Å²) >= 11 is 0. The molecule has 2 N–H and O–H groups in total. The summed E-state index contributed by atoms with van der Waals surface area (Å²) in [7, 11) is 1.77. The highest BCUT2D eigenvalue weighted by atomic mass is 19.1. The van der Waals surface area contributed by atoms with Gasteiger partial charge in [-0.15, -0.1) is 0 Å². The van der Waals surface area contributed by atoms with Crippen molar-refractivity contribution in [3.8, 4) is 0 Å². The van der Waals surface area contributed by atoms with Crippen LogP contribution in [0.1, 0.15) is 11.1 Å². The first-order valence-corrected chi connectivity index (χ1v) is 7.06. The molecular weight excluding hydrogens is 267 g/mol. The van der Waals surface area contributed by atoms with Gasteiger partial charge in [-0.25, -0.2) is 4.39 Å². The van der Waals surface area contributed by atoms with Crippen molar-refractivity contribution in [2.45, 2.75) is 13.1 Å². The molecule has 0 aromatic heterocycles. The Labute approximate surface area is 125 Å². The Hall–Kier alpha value is -1.91. The Morgan fingerprint density at radius 1 is 1.05 bits per heavy atom. The van der Waals surface area contributed by atoms with E-state index in [1.165, 1.54) is 11.6 Å². The number of nitrogens with one attached hydrogen (secondary N) is 1. The van der Waals surface area contributed by atoms with Gasteiger partial charge in [0.2, 0.25) is 0 Å². The molecule has 2 rings (SSSR count).